The van der Waals surface area contributed by atoms with E-state index >= 15 is 0 Å². The molecule has 1 aromatic carbocycles. The number of hydrogen-bond acceptors (Lipinski definition) is 4. The highest BCUT2D eigenvalue weighted by Gasteiger charge is 2.10. The predicted octanol–water partition coefficient (Wildman–Crippen LogP) is 1.35. The first kappa shape index (κ1) is 12.8. The van der Waals surface area contributed by atoms with Gasteiger partial charge in [0.25, 0.3) is 0 Å². The summed E-state index contributed by atoms with van der Waals surface area (Å²) in [6.45, 7) is 1.15. The Hall–Kier alpha value is -1.26. The van der Waals surface area contributed by atoms with E-state index in [1.165, 1.54) is 0 Å². The zero-order valence-electron chi connectivity index (χ0n) is 10.1. The van der Waals surface area contributed by atoms with Gasteiger partial charge < -0.3 is 19.9 Å². The largest absolute Gasteiger partial charge is 0.493 e. The molecule has 0 aliphatic heterocycles. The van der Waals surface area contributed by atoms with Crippen LogP contribution in [0.5, 0.6) is 11.5 Å². The Morgan fingerprint density at radius 1 is 1.00 bits per heavy atom. The van der Waals surface area contributed by atoms with Gasteiger partial charge in [-0.2, -0.15) is 0 Å². The fourth-order valence-corrected chi connectivity index (χ4v) is 1.64. The molecule has 0 heterocycles. The number of methoxy groups -OCH3 is 3. The molecule has 4 heteroatoms. The average Bonchev–Trinajstić information content (AvgIpc) is 2.31. The van der Waals surface area contributed by atoms with E-state index in [-0.39, 0.29) is 0 Å². The summed E-state index contributed by atoms with van der Waals surface area (Å²) in [5.41, 5.74) is 7.80. The van der Waals surface area contributed by atoms with E-state index in [0.717, 1.165) is 29.0 Å². The molecule has 0 aliphatic carbocycles. The highest BCUT2D eigenvalue weighted by Crippen LogP contribution is 2.31. The maximum atomic E-state index is 5.57. The lowest BCUT2D eigenvalue weighted by Crippen LogP contribution is -2.07. The van der Waals surface area contributed by atoms with Crippen LogP contribution in [0.4, 0.5) is 0 Å². The summed E-state index contributed by atoms with van der Waals surface area (Å²) in [4.78, 5) is 0. The number of ether oxygens (including phenoxy) is 3. The smallest absolute Gasteiger partial charge is 0.161 e. The van der Waals surface area contributed by atoms with Crippen LogP contribution < -0.4 is 15.2 Å². The van der Waals surface area contributed by atoms with E-state index in [4.69, 9.17) is 19.9 Å². The van der Waals surface area contributed by atoms with Gasteiger partial charge in [-0.05, 0) is 36.2 Å². The Morgan fingerprint density at radius 3 is 2.00 bits per heavy atom. The normalized spacial score (nSPS) is 10.2. The van der Waals surface area contributed by atoms with E-state index in [0.29, 0.717) is 13.2 Å². The van der Waals surface area contributed by atoms with Crippen molar-refractivity contribution in [2.45, 2.75) is 13.0 Å². The van der Waals surface area contributed by atoms with Crippen molar-refractivity contribution in [3.05, 3.63) is 23.3 Å². The molecule has 0 fully saturated rings. The number of hydrogen-bond donors (Lipinski definition) is 1. The van der Waals surface area contributed by atoms with Gasteiger partial charge in [0.05, 0.1) is 20.8 Å². The van der Waals surface area contributed by atoms with Crippen molar-refractivity contribution in [3.63, 3.8) is 0 Å². The van der Waals surface area contributed by atoms with Crippen LogP contribution in [-0.4, -0.2) is 27.9 Å². The van der Waals surface area contributed by atoms with Crippen molar-refractivity contribution in [1.82, 2.24) is 0 Å². The van der Waals surface area contributed by atoms with Gasteiger partial charge in [0, 0.05) is 7.11 Å². The molecule has 0 radical (unpaired) electrons. The van der Waals surface area contributed by atoms with Crippen molar-refractivity contribution in [2.24, 2.45) is 5.73 Å². The van der Waals surface area contributed by atoms with Crippen LogP contribution in [0.15, 0.2) is 12.1 Å². The van der Waals surface area contributed by atoms with Gasteiger partial charge in [-0.1, -0.05) is 0 Å². The zero-order valence-corrected chi connectivity index (χ0v) is 10.1. The Balaban J connectivity index is 3.12. The topological polar surface area (TPSA) is 53.7 Å². The molecule has 0 aliphatic rings. The molecule has 1 aromatic rings. The molecular weight excluding hydrogens is 206 g/mol. The van der Waals surface area contributed by atoms with Crippen molar-refractivity contribution in [2.75, 3.05) is 27.9 Å². The molecule has 1 rings (SSSR count). The molecule has 0 bridgehead atoms. The fraction of sp³-hybridized carbons (Fsp3) is 0.500. The fourth-order valence-electron chi connectivity index (χ4n) is 1.64. The molecule has 0 saturated carbocycles. The van der Waals surface area contributed by atoms with Gasteiger partial charge in [-0.25, -0.2) is 0 Å². The average molecular weight is 225 g/mol. The van der Waals surface area contributed by atoms with Crippen LogP contribution >= 0.6 is 0 Å². The quantitative estimate of drug-likeness (QED) is 0.794. The minimum absolute atomic E-state index is 0.551. The Morgan fingerprint density at radius 2 is 1.56 bits per heavy atom. The summed E-state index contributed by atoms with van der Waals surface area (Å²) >= 11 is 0. The molecule has 90 valence electrons. The maximum Gasteiger partial charge on any atom is 0.161 e. The third-order valence-corrected chi connectivity index (χ3v) is 2.42. The number of nitrogens with two attached hydrogens (primary N) is 1. The van der Waals surface area contributed by atoms with E-state index in [2.05, 4.69) is 0 Å². The van der Waals surface area contributed by atoms with Crippen LogP contribution in [0, 0.1) is 0 Å². The van der Waals surface area contributed by atoms with Crippen molar-refractivity contribution in [1.29, 1.82) is 0 Å². The standard InChI is InChI=1S/C12H19NO3/c1-14-8-10-7-12(16-3)11(15-2)6-9(10)4-5-13/h6-7H,4-5,8,13H2,1-3H3. The molecule has 16 heavy (non-hydrogen) atoms. The van der Waals surface area contributed by atoms with Gasteiger partial charge >= 0.3 is 0 Å². The van der Waals surface area contributed by atoms with Crippen molar-refractivity contribution < 1.29 is 14.2 Å². The molecule has 0 aromatic heterocycles. The second kappa shape index (κ2) is 6.35. The first-order chi connectivity index (χ1) is 7.76. The third-order valence-electron chi connectivity index (χ3n) is 2.42. The highest BCUT2D eigenvalue weighted by molar-refractivity contribution is 5.47. The Kier molecular flexibility index (Phi) is 5.08. The summed E-state index contributed by atoms with van der Waals surface area (Å²) in [5, 5.41) is 0. The molecule has 0 unspecified atom stereocenters. The molecular formula is C12H19NO3. The minimum atomic E-state index is 0.551. The SMILES string of the molecule is COCc1cc(OC)c(OC)cc1CCN. The number of benzene rings is 1. The van der Waals surface area contributed by atoms with E-state index < -0.39 is 0 Å². The summed E-state index contributed by atoms with van der Waals surface area (Å²) in [6, 6.07) is 3.90. The van der Waals surface area contributed by atoms with Crippen LogP contribution in [0.2, 0.25) is 0 Å². The van der Waals surface area contributed by atoms with Crippen LogP contribution in [0.3, 0.4) is 0 Å². The Labute approximate surface area is 96.3 Å². The molecule has 0 saturated heterocycles. The monoisotopic (exact) mass is 225 g/mol. The van der Waals surface area contributed by atoms with Gasteiger partial charge in [-0.3, -0.25) is 0 Å². The Bertz CT molecular complexity index is 306. The second-order valence-electron chi connectivity index (χ2n) is 3.45. The van der Waals surface area contributed by atoms with Gasteiger partial charge in [0.1, 0.15) is 0 Å². The molecule has 0 amide bonds. The highest BCUT2D eigenvalue weighted by atomic mass is 16.5. The molecule has 2 N–H and O–H groups in total. The predicted molar refractivity (Wildman–Crippen MR) is 63.0 cm³/mol. The van der Waals surface area contributed by atoms with Crippen LogP contribution in [0.1, 0.15) is 11.1 Å². The van der Waals surface area contributed by atoms with Gasteiger partial charge in [0.15, 0.2) is 11.5 Å². The zero-order chi connectivity index (χ0) is 12.0. The summed E-state index contributed by atoms with van der Waals surface area (Å²) in [6.07, 6.45) is 0.805. The summed E-state index contributed by atoms with van der Waals surface area (Å²) in [5.74, 6) is 1.45. The lowest BCUT2D eigenvalue weighted by molar-refractivity contribution is 0.183. The van der Waals surface area contributed by atoms with Gasteiger partial charge in [-0.15, -0.1) is 0 Å². The van der Waals surface area contributed by atoms with Crippen LogP contribution in [-0.2, 0) is 17.8 Å². The maximum absolute atomic E-state index is 5.57. The van der Waals surface area contributed by atoms with Crippen LogP contribution in [0.25, 0.3) is 0 Å². The first-order valence-corrected chi connectivity index (χ1v) is 5.19. The minimum Gasteiger partial charge on any atom is -0.493 e. The molecule has 0 spiro atoms. The van der Waals surface area contributed by atoms with E-state index in [1.807, 2.05) is 12.1 Å². The third kappa shape index (κ3) is 2.87. The molecule has 4 nitrogen and oxygen atoms in total. The van der Waals surface area contributed by atoms with Gasteiger partial charge in [0.2, 0.25) is 0 Å². The lowest BCUT2D eigenvalue weighted by atomic mass is 10.0. The summed E-state index contributed by atoms with van der Waals surface area (Å²) < 4.78 is 15.6. The second-order valence-corrected chi connectivity index (χ2v) is 3.45. The number of rotatable bonds is 6. The van der Waals surface area contributed by atoms with E-state index in [9.17, 15) is 0 Å². The van der Waals surface area contributed by atoms with E-state index in [1.54, 1.807) is 21.3 Å². The first-order valence-electron chi connectivity index (χ1n) is 5.19. The molecule has 0 atom stereocenters. The van der Waals surface area contributed by atoms with Crippen molar-refractivity contribution in [3.8, 4) is 11.5 Å². The summed E-state index contributed by atoms with van der Waals surface area (Å²) in [7, 11) is 4.92. The van der Waals surface area contributed by atoms with Crippen molar-refractivity contribution >= 4 is 0 Å². The lowest BCUT2D eigenvalue weighted by Gasteiger charge is -2.14.